The molecule has 94 valence electrons. The number of hydrogen-bond acceptors (Lipinski definition) is 3. The highest BCUT2D eigenvalue weighted by Crippen LogP contribution is 2.15. The van der Waals surface area contributed by atoms with E-state index in [-0.39, 0.29) is 18.6 Å². The maximum Gasteiger partial charge on any atom is 0.237 e. The number of amides is 1. The molecule has 3 N–H and O–H groups in total. The van der Waals surface area contributed by atoms with Crippen molar-refractivity contribution in [2.45, 2.75) is 45.1 Å². The van der Waals surface area contributed by atoms with Crippen LogP contribution in [0.3, 0.4) is 0 Å². The quantitative estimate of drug-likeness (QED) is 0.585. The topological polar surface area (TPSA) is 61.4 Å². The van der Waals surface area contributed by atoms with Gasteiger partial charge in [-0.3, -0.25) is 4.79 Å². The predicted octanol–water partition coefficient (Wildman–Crippen LogP) is 0.653. The van der Waals surface area contributed by atoms with Crippen molar-refractivity contribution in [3.63, 3.8) is 0 Å². The van der Waals surface area contributed by atoms with E-state index in [9.17, 15) is 4.79 Å². The molecular weight excluding hydrogens is 204 g/mol. The monoisotopic (exact) mass is 228 g/mol. The molecule has 1 amide bonds. The molecular formula is C12H24N2O2. The molecule has 1 fully saturated rings. The van der Waals surface area contributed by atoms with Crippen LogP contribution in [-0.4, -0.2) is 36.8 Å². The second-order valence-corrected chi connectivity index (χ2v) is 4.63. The van der Waals surface area contributed by atoms with Crippen LogP contribution in [0.1, 0.15) is 39.0 Å². The second kappa shape index (κ2) is 7.63. The summed E-state index contributed by atoms with van der Waals surface area (Å²) in [4.78, 5) is 11.8. The molecule has 1 heterocycles. The van der Waals surface area contributed by atoms with Gasteiger partial charge in [0.2, 0.25) is 5.91 Å². The van der Waals surface area contributed by atoms with Gasteiger partial charge in [0.25, 0.3) is 0 Å². The van der Waals surface area contributed by atoms with E-state index in [1.54, 1.807) is 0 Å². The highest BCUT2D eigenvalue weighted by molar-refractivity contribution is 5.82. The zero-order valence-corrected chi connectivity index (χ0v) is 10.2. The number of carbonyl (C=O) groups is 1. The van der Waals surface area contributed by atoms with Crippen molar-refractivity contribution in [1.82, 2.24) is 10.6 Å². The Morgan fingerprint density at radius 3 is 2.94 bits per heavy atom. The van der Waals surface area contributed by atoms with Gasteiger partial charge in [-0.2, -0.15) is 0 Å². The Balaban J connectivity index is 2.13. The first-order chi connectivity index (χ1) is 7.75. The number of nitrogens with one attached hydrogen (secondary N) is 2. The lowest BCUT2D eigenvalue weighted by atomic mass is 9.92. The molecule has 0 aromatic carbocycles. The first-order valence-electron chi connectivity index (χ1n) is 6.37. The number of rotatable bonds is 6. The van der Waals surface area contributed by atoms with Crippen LogP contribution in [0.4, 0.5) is 0 Å². The van der Waals surface area contributed by atoms with E-state index >= 15 is 0 Å². The van der Waals surface area contributed by atoms with Gasteiger partial charge in [-0.25, -0.2) is 0 Å². The van der Waals surface area contributed by atoms with E-state index in [4.69, 9.17) is 5.11 Å². The van der Waals surface area contributed by atoms with E-state index in [1.807, 2.05) is 0 Å². The highest BCUT2D eigenvalue weighted by atomic mass is 16.2. The van der Waals surface area contributed by atoms with Gasteiger partial charge in [0.15, 0.2) is 0 Å². The molecule has 2 atom stereocenters. The normalized spacial score (nSPS) is 25.4. The molecule has 16 heavy (non-hydrogen) atoms. The van der Waals surface area contributed by atoms with Crippen molar-refractivity contribution in [3.8, 4) is 0 Å². The Kier molecular flexibility index (Phi) is 6.42. The summed E-state index contributed by atoms with van der Waals surface area (Å²) in [5, 5.41) is 14.8. The van der Waals surface area contributed by atoms with Gasteiger partial charge in [-0.1, -0.05) is 6.92 Å². The minimum atomic E-state index is -0.00779. The van der Waals surface area contributed by atoms with Gasteiger partial charge in [0, 0.05) is 13.2 Å². The largest absolute Gasteiger partial charge is 0.396 e. The van der Waals surface area contributed by atoms with Crippen molar-refractivity contribution < 1.29 is 9.90 Å². The number of aliphatic hydroxyl groups excluding tert-OH is 1. The molecule has 0 aromatic heterocycles. The smallest absolute Gasteiger partial charge is 0.237 e. The Morgan fingerprint density at radius 2 is 2.25 bits per heavy atom. The van der Waals surface area contributed by atoms with Crippen LogP contribution >= 0.6 is 0 Å². The van der Waals surface area contributed by atoms with Gasteiger partial charge in [0.05, 0.1) is 6.04 Å². The fraction of sp³-hybridized carbons (Fsp3) is 0.917. The number of hydrogen-bond donors (Lipinski definition) is 3. The zero-order chi connectivity index (χ0) is 11.8. The molecule has 0 aliphatic carbocycles. The molecule has 0 aromatic rings. The Hall–Kier alpha value is -0.610. The van der Waals surface area contributed by atoms with Gasteiger partial charge >= 0.3 is 0 Å². The third-order valence-electron chi connectivity index (χ3n) is 3.19. The molecule has 4 heteroatoms. The summed E-state index contributed by atoms with van der Waals surface area (Å²) in [5.41, 5.74) is 0. The molecule has 0 bridgehead atoms. The lowest BCUT2D eigenvalue weighted by Crippen LogP contribution is -2.51. The molecule has 1 rings (SSSR count). The van der Waals surface area contributed by atoms with Crippen molar-refractivity contribution in [3.05, 3.63) is 0 Å². The molecule has 2 unspecified atom stereocenters. The van der Waals surface area contributed by atoms with Gasteiger partial charge < -0.3 is 15.7 Å². The van der Waals surface area contributed by atoms with Crippen molar-refractivity contribution in [2.75, 3.05) is 19.7 Å². The van der Waals surface area contributed by atoms with Crippen LogP contribution < -0.4 is 10.6 Å². The standard InChI is InChI=1S/C12H24N2O2/c1-10-6-5-8-13-11(10)12(16)14-7-3-2-4-9-15/h10-11,13,15H,2-9H2,1H3,(H,14,16). The van der Waals surface area contributed by atoms with Crippen LogP contribution in [-0.2, 0) is 4.79 Å². The van der Waals surface area contributed by atoms with Gasteiger partial charge in [-0.05, 0) is 44.6 Å². The summed E-state index contributed by atoms with van der Waals surface area (Å²) in [6.07, 6.45) is 5.06. The number of aliphatic hydroxyl groups is 1. The Bertz CT molecular complexity index is 209. The van der Waals surface area contributed by atoms with Crippen LogP contribution in [0.2, 0.25) is 0 Å². The summed E-state index contributed by atoms with van der Waals surface area (Å²) in [7, 11) is 0. The van der Waals surface area contributed by atoms with Gasteiger partial charge in [-0.15, -0.1) is 0 Å². The maximum absolute atomic E-state index is 11.8. The Morgan fingerprint density at radius 1 is 1.44 bits per heavy atom. The molecule has 0 radical (unpaired) electrons. The van der Waals surface area contributed by atoms with E-state index in [0.717, 1.165) is 38.8 Å². The first kappa shape index (κ1) is 13.5. The lowest BCUT2D eigenvalue weighted by molar-refractivity contribution is -0.124. The maximum atomic E-state index is 11.8. The minimum Gasteiger partial charge on any atom is -0.396 e. The van der Waals surface area contributed by atoms with E-state index in [2.05, 4.69) is 17.6 Å². The summed E-state index contributed by atoms with van der Waals surface area (Å²) < 4.78 is 0. The molecule has 1 aliphatic heterocycles. The molecule has 0 saturated carbocycles. The lowest BCUT2D eigenvalue weighted by Gasteiger charge is -2.28. The number of piperidine rings is 1. The molecule has 1 saturated heterocycles. The predicted molar refractivity (Wildman–Crippen MR) is 64.1 cm³/mol. The molecule has 1 aliphatic rings. The summed E-state index contributed by atoms with van der Waals surface area (Å²) >= 11 is 0. The highest BCUT2D eigenvalue weighted by Gasteiger charge is 2.26. The fourth-order valence-electron chi connectivity index (χ4n) is 2.14. The summed E-state index contributed by atoms with van der Waals surface area (Å²) in [6, 6.07) is -0.00779. The van der Waals surface area contributed by atoms with Gasteiger partial charge in [0.1, 0.15) is 0 Å². The fourth-order valence-corrected chi connectivity index (χ4v) is 2.14. The summed E-state index contributed by atoms with van der Waals surface area (Å²) in [6.45, 7) is 4.05. The van der Waals surface area contributed by atoms with Crippen molar-refractivity contribution in [2.24, 2.45) is 5.92 Å². The Labute approximate surface area is 97.8 Å². The minimum absolute atomic E-state index is 0.00779. The molecule has 0 spiro atoms. The average Bonchev–Trinajstić information content (AvgIpc) is 2.29. The van der Waals surface area contributed by atoms with E-state index in [1.165, 1.54) is 6.42 Å². The molecule has 4 nitrogen and oxygen atoms in total. The van der Waals surface area contributed by atoms with E-state index < -0.39 is 0 Å². The van der Waals surface area contributed by atoms with E-state index in [0.29, 0.717) is 5.92 Å². The zero-order valence-electron chi connectivity index (χ0n) is 10.2. The number of carbonyl (C=O) groups excluding carboxylic acids is 1. The van der Waals surface area contributed by atoms with Crippen molar-refractivity contribution >= 4 is 5.91 Å². The third kappa shape index (κ3) is 4.49. The van der Waals surface area contributed by atoms with Crippen LogP contribution in [0.25, 0.3) is 0 Å². The van der Waals surface area contributed by atoms with Crippen LogP contribution in [0.5, 0.6) is 0 Å². The van der Waals surface area contributed by atoms with Crippen molar-refractivity contribution in [1.29, 1.82) is 0 Å². The first-order valence-corrected chi connectivity index (χ1v) is 6.37. The summed E-state index contributed by atoms with van der Waals surface area (Å²) in [5.74, 6) is 0.572. The van der Waals surface area contributed by atoms with Crippen LogP contribution in [0.15, 0.2) is 0 Å². The second-order valence-electron chi connectivity index (χ2n) is 4.63. The SMILES string of the molecule is CC1CCCNC1C(=O)NCCCCCO. The van der Waals surface area contributed by atoms with Crippen LogP contribution in [0, 0.1) is 5.92 Å². The average molecular weight is 228 g/mol. The third-order valence-corrected chi connectivity index (χ3v) is 3.19. The number of unbranched alkanes of at least 4 members (excludes halogenated alkanes) is 2.